The largest absolute Gasteiger partial charge is 0.484 e. The maximum absolute atomic E-state index is 13.6. The van der Waals surface area contributed by atoms with Crippen molar-refractivity contribution in [3.05, 3.63) is 99.1 Å². The van der Waals surface area contributed by atoms with Crippen molar-refractivity contribution in [1.82, 2.24) is 10.2 Å². The summed E-state index contributed by atoms with van der Waals surface area (Å²) in [6.07, 6.45) is 1.23. The number of hydrogen-bond donors (Lipinski definition) is 1. The first-order valence-electron chi connectivity index (χ1n) is 11.9. The van der Waals surface area contributed by atoms with E-state index >= 15 is 0 Å². The van der Waals surface area contributed by atoms with Gasteiger partial charge in [-0.05, 0) is 83.8 Å². The number of halogens is 1. The van der Waals surface area contributed by atoms with Crippen LogP contribution >= 0.6 is 22.6 Å². The quantitative estimate of drug-likeness (QED) is 0.302. The molecular weight excluding hydrogens is 551 g/mol. The van der Waals surface area contributed by atoms with Crippen molar-refractivity contribution in [2.45, 2.75) is 52.2 Å². The van der Waals surface area contributed by atoms with Crippen LogP contribution in [0, 0.1) is 10.5 Å². The van der Waals surface area contributed by atoms with E-state index in [0.29, 0.717) is 18.7 Å². The van der Waals surface area contributed by atoms with Gasteiger partial charge < -0.3 is 15.0 Å². The lowest BCUT2D eigenvalue weighted by Gasteiger charge is -2.32. The Balaban J connectivity index is 1.91. The van der Waals surface area contributed by atoms with Gasteiger partial charge in [-0.15, -0.1) is 0 Å². The summed E-state index contributed by atoms with van der Waals surface area (Å²) in [5.74, 6) is 0.240. The first-order chi connectivity index (χ1) is 16.9. The molecule has 0 fully saturated rings. The van der Waals surface area contributed by atoms with Gasteiger partial charge in [-0.1, -0.05) is 61.5 Å². The smallest absolute Gasteiger partial charge is 0.261 e. The number of carbonyl (C=O) groups excluding carboxylic acids is 2. The predicted octanol–water partition coefficient (Wildman–Crippen LogP) is 5.53. The third-order valence-corrected chi connectivity index (χ3v) is 6.77. The third kappa shape index (κ3) is 8.09. The molecule has 2 unspecified atom stereocenters. The van der Waals surface area contributed by atoms with E-state index in [1.807, 2.05) is 99.6 Å². The molecule has 0 aliphatic heterocycles. The molecule has 3 aromatic carbocycles. The highest BCUT2D eigenvalue weighted by atomic mass is 127. The molecule has 0 heterocycles. The van der Waals surface area contributed by atoms with Gasteiger partial charge in [-0.25, -0.2) is 0 Å². The minimum absolute atomic E-state index is 0.0132. The fraction of sp³-hybridized carbons (Fsp3) is 0.310. The number of nitrogens with one attached hydrogen (secondary N) is 1. The number of nitrogens with zero attached hydrogens (tertiary/aromatic N) is 1. The van der Waals surface area contributed by atoms with Crippen LogP contribution in [-0.4, -0.2) is 35.4 Å². The molecule has 5 nitrogen and oxygen atoms in total. The molecule has 0 radical (unpaired) electrons. The Kier molecular flexibility index (Phi) is 10.1. The van der Waals surface area contributed by atoms with Crippen molar-refractivity contribution >= 4 is 34.4 Å². The highest BCUT2D eigenvalue weighted by molar-refractivity contribution is 14.1. The molecule has 0 saturated heterocycles. The van der Waals surface area contributed by atoms with Crippen molar-refractivity contribution in [3.8, 4) is 5.75 Å². The number of rotatable bonds is 11. The Morgan fingerprint density at radius 3 is 2.29 bits per heavy atom. The van der Waals surface area contributed by atoms with Gasteiger partial charge in [0, 0.05) is 22.6 Å². The summed E-state index contributed by atoms with van der Waals surface area (Å²) in [5.41, 5.74) is 3.08. The molecule has 35 heavy (non-hydrogen) atoms. The fourth-order valence-electron chi connectivity index (χ4n) is 3.72. The van der Waals surface area contributed by atoms with E-state index in [9.17, 15) is 9.59 Å². The zero-order chi connectivity index (χ0) is 25.2. The van der Waals surface area contributed by atoms with E-state index in [1.54, 1.807) is 4.90 Å². The van der Waals surface area contributed by atoms with E-state index < -0.39 is 6.04 Å². The Bertz CT molecular complexity index is 1100. The van der Waals surface area contributed by atoms with Crippen LogP contribution in [-0.2, 0) is 22.6 Å². The van der Waals surface area contributed by atoms with Crippen LogP contribution in [0.2, 0.25) is 0 Å². The molecule has 0 aromatic heterocycles. The molecule has 0 spiro atoms. The van der Waals surface area contributed by atoms with Crippen LogP contribution in [0.25, 0.3) is 0 Å². The van der Waals surface area contributed by atoms with E-state index in [2.05, 4.69) is 27.9 Å². The minimum atomic E-state index is -0.668. The molecule has 184 valence electrons. The normalized spacial score (nSPS) is 12.5. The second kappa shape index (κ2) is 13.3. The monoisotopic (exact) mass is 584 g/mol. The predicted molar refractivity (Wildman–Crippen MR) is 148 cm³/mol. The summed E-state index contributed by atoms with van der Waals surface area (Å²) in [6, 6.07) is 24.7. The molecule has 1 N–H and O–H groups in total. The van der Waals surface area contributed by atoms with Gasteiger partial charge in [0.1, 0.15) is 11.8 Å². The number of amides is 2. The van der Waals surface area contributed by atoms with Gasteiger partial charge in [-0.2, -0.15) is 0 Å². The van der Waals surface area contributed by atoms with Gasteiger partial charge in [0.15, 0.2) is 6.61 Å². The van der Waals surface area contributed by atoms with Crippen molar-refractivity contribution in [1.29, 1.82) is 0 Å². The zero-order valence-electron chi connectivity index (χ0n) is 20.5. The molecule has 0 aliphatic carbocycles. The first-order valence-corrected chi connectivity index (χ1v) is 13.0. The molecule has 3 aromatic rings. The first kappa shape index (κ1) is 26.7. The van der Waals surface area contributed by atoms with Crippen LogP contribution in [0.5, 0.6) is 5.75 Å². The molecular formula is C29H33IN2O3. The van der Waals surface area contributed by atoms with Crippen molar-refractivity contribution in [2.24, 2.45) is 0 Å². The highest BCUT2D eigenvalue weighted by Gasteiger charge is 2.31. The number of hydrogen-bond acceptors (Lipinski definition) is 3. The molecule has 3 rings (SSSR count). The van der Waals surface area contributed by atoms with Crippen LogP contribution in [0.4, 0.5) is 0 Å². The van der Waals surface area contributed by atoms with Gasteiger partial charge in [0.2, 0.25) is 5.91 Å². The summed E-state index contributed by atoms with van der Waals surface area (Å²) in [7, 11) is 0. The van der Waals surface area contributed by atoms with Crippen LogP contribution < -0.4 is 10.1 Å². The van der Waals surface area contributed by atoms with Gasteiger partial charge in [0.25, 0.3) is 5.91 Å². The van der Waals surface area contributed by atoms with Gasteiger partial charge in [-0.3, -0.25) is 9.59 Å². The van der Waals surface area contributed by atoms with Crippen molar-refractivity contribution < 1.29 is 14.3 Å². The SMILES string of the molecule is CCC(C)NC(=O)C(Cc1ccccc1)N(Cc1ccccc1C)C(=O)COc1ccc(I)cc1. The average molecular weight is 584 g/mol. The Labute approximate surface area is 222 Å². The summed E-state index contributed by atoms with van der Waals surface area (Å²) in [4.78, 5) is 28.8. The highest BCUT2D eigenvalue weighted by Crippen LogP contribution is 2.19. The average Bonchev–Trinajstić information content (AvgIpc) is 2.87. The van der Waals surface area contributed by atoms with Gasteiger partial charge >= 0.3 is 0 Å². The van der Waals surface area contributed by atoms with Gasteiger partial charge in [0.05, 0.1) is 0 Å². The molecule has 2 atom stereocenters. The molecule has 6 heteroatoms. The summed E-state index contributed by atoms with van der Waals surface area (Å²) in [6.45, 7) is 6.21. The maximum atomic E-state index is 13.6. The number of carbonyl (C=O) groups is 2. The standard InChI is InChI=1S/C29H33IN2O3/c1-4-22(3)31-29(34)27(18-23-11-6-5-7-12-23)32(19-24-13-9-8-10-21(24)2)28(33)20-35-26-16-14-25(30)15-17-26/h5-17,22,27H,4,18-20H2,1-3H3,(H,31,34). The zero-order valence-corrected chi connectivity index (χ0v) is 22.7. The van der Waals surface area contributed by atoms with E-state index in [4.69, 9.17) is 4.74 Å². The summed E-state index contributed by atoms with van der Waals surface area (Å²) >= 11 is 2.23. The Hall–Kier alpha value is -2.87. The molecule has 2 amide bonds. The summed E-state index contributed by atoms with van der Waals surface area (Å²) in [5, 5.41) is 3.09. The number of benzene rings is 3. The summed E-state index contributed by atoms with van der Waals surface area (Å²) < 4.78 is 6.92. The molecule has 0 bridgehead atoms. The number of ether oxygens (including phenoxy) is 1. The minimum Gasteiger partial charge on any atom is -0.484 e. The molecule has 0 saturated carbocycles. The van der Waals surface area contributed by atoms with E-state index in [1.165, 1.54) is 0 Å². The molecule has 0 aliphatic rings. The lowest BCUT2D eigenvalue weighted by Crippen LogP contribution is -2.53. The van der Waals surface area contributed by atoms with E-state index in [-0.39, 0.29) is 24.5 Å². The van der Waals surface area contributed by atoms with Crippen molar-refractivity contribution in [3.63, 3.8) is 0 Å². The maximum Gasteiger partial charge on any atom is 0.261 e. The topological polar surface area (TPSA) is 58.6 Å². The lowest BCUT2D eigenvalue weighted by molar-refractivity contribution is -0.143. The lowest BCUT2D eigenvalue weighted by atomic mass is 10.0. The Morgan fingerprint density at radius 2 is 1.63 bits per heavy atom. The van der Waals surface area contributed by atoms with E-state index in [0.717, 1.165) is 26.7 Å². The fourth-order valence-corrected chi connectivity index (χ4v) is 4.08. The van der Waals surface area contributed by atoms with Crippen LogP contribution in [0.15, 0.2) is 78.9 Å². The van der Waals surface area contributed by atoms with Crippen molar-refractivity contribution in [2.75, 3.05) is 6.61 Å². The third-order valence-electron chi connectivity index (χ3n) is 6.05. The second-order valence-corrected chi connectivity index (χ2v) is 9.96. The number of aryl methyl sites for hydroxylation is 1. The van der Waals surface area contributed by atoms with Crippen LogP contribution in [0.3, 0.4) is 0 Å². The van der Waals surface area contributed by atoms with Crippen LogP contribution in [0.1, 0.15) is 37.0 Å². The Morgan fingerprint density at radius 1 is 0.971 bits per heavy atom. The second-order valence-electron chi connectivity index (χ2n) is 8.71.